The Morgan fingerprint density at radius 2 is 1.65 bits per heavy atom. The minimum atomic E-state index is -3.97. The third-order valence-electron chi connectivity index (χ3n) is 5.53. The van der Waals surface area contributed by atoms with Crippen LogP contribution in [-0.4, -0.2) is 38.2 Å². The van der Waals surface area contributed by atoms with E-state index in [9.17, 15) is 22.4 Å². The highest BCUT2D eigenvalue weighted by atomic mass is 32.2. The molecule has 9 heteroatoms. The van der Waals surface area contributed by atoms with Crippen LogP contribution in [0.15, 0.2) is 77.7 Å². The maximum absolute atomic E-state index is 13.3. The predicted molar refractivity (Wildman–Crippen MR) is 126 cm³/mol. The molecule has 1 aliphatic rings. The summed E-state index contributed by atoms with van der Waals surface area (Å²) in [7, 11) is -2.41. The van der Waals surface area contributed by atoms with Crippen LogP contribution in [0.4, 0.5) is 10.1 Å². The Hall–Kier alpha value is -3.72. The van der Waals surface area contributed by atoms with Crippen LogP contribution in [0.3, 0.4) is 0 Å². The fourth-order valence-corrected chi connectivity index (χ4v) is 4.65. The zero-order chi connectivity index (χ0) is 24.3. The summed E-state index contributed by atoms with van der Waals surface area (Å²) < 4.78 is 41.2. The lowest BCUT2D eigenvalue weighted by Gasteiger charge is -2.23. The summed E-state index contributed by atoms with van der Waals surface area (Å²) in [6.07, 6.45) is 1.76. The van der Waals surface area contributed by atoms with Gasteiger partial charge < -0.3 is 10.2 Å². The van der Waals surface area contributed by atoms with Crippen LogP contribution < -0.4 is 10.0 Å². The van der Waals surface area contributed by atoms with Gasteiger partial charge in [0.2, 0.25) is 0 Å². The minimum absolute atomic E-state index is 0.0617. The third kappa shape index (κ3) is 5.43. The lowest BCUT2D eigenvalue weighted by atomic mass is 10.1. The fourth-order valence-electron chi connectivity index (χ4n) is 3.55. The quantitative estimate of drug-likeness (QED) is 0.512. The molecule has 0 aliphatic heterocycles. The van der Waals surface area contributed by atoms with Gasteiger partial charge in [0, 0.05) is 36.4 Å². The molecule has 3 aromatic rings. The number of benzene rings is 3. The maximum atomic E-state index is 13.3. The van der Waals surface area contributed by atoms with Crippen LogP contribution in [-0.2, 0) is 16.6 Å². The molecule has 0 bridgehead atoms. The van der Waals surface area contributed by atoms with Crippen LogP contribution in [0.25, 0.3) is 0 Å². The van der Waals surface area contributed by atoms with Crippen molar-refractivity contribution in [2.24, 2.45) is 0 Å². The maximum Gasteiger partial charge on any atom is 0.261 e. The zero-order valence-corrected chi connectivity index (χ0v) is 19.3. The third-order valence-corrected chi connectivity index (χ3v) is 6.91. The van der Waals surface area contributed by atoms with Crippen molar-refractivity contribution >= 4 is 27.5 Å². The van der Waals surface area contributed by atoms with Crippen LogP contribution in [0.5, 0.6) is 0 Å². The number of carbonyl (C=O) groups is 2. The molecule has 3 aromatic carbocycles. The number of nitrogens with one attached hydrogen (secondary N) is 2. The normalized spacial score (nSPS) is 13.2. The van der Waals surface area contributed by atoms with E-state index in [0.717, 1.165) is 30.5 Å². The van der Waals surface area contributed by atoms with Crippen molar-refractivity contribution in [3.05, 3.63) is 95.3 Å². The highest BCUT2D eigenvalue weighted by Crippen LogP contribution is 2.30. The number of amides is 2. The summed E-state index contributed by atoms with van der Waals surface area (Å²) in [5.41, 5.74) is 1.88. The van der Waals surface area contributed by atoms with E-state index in [0.29, 0.717) is 12.1 Å². The van der Waals surface area contributed by atoms with Gasteiger partial charge in [0.15, 0.2) is 0 Å². The average molecular weight is 482 g/mol. The second-order valence-electron chi connectivity index (χ2n) is 8.08. The van der Waals surface area contributed by atoms with Gasteiger partial charge in [-0.1, -0.05) is 18.2 Å². The largest absolute Gasteiger partial charge is 0.355 e. The van der Waals surface area contributed by atoms with Gasteiger partial charge in [0.1, 0.15) is 5.82 Å². The summed E-state index contributed by atoms with van der Waals surface area (Å²) in [6.45, 7) is 0.350. The number of sulfonamides is 1. The van der Waals surface area contributed by atoms with Crippen LogP contribution in [0.1, 0.15) is 39.1 Å². The predicted octanol–water partition coefficient (Wildman–Crippen LogP) is 3.79. The summed E-state index contributed by atoms with van der Waals surface area (Å²) >= 11 is 0. The molecule has 2 N–H and O–H groups in total. The summed E-state index contributed by atoms with van der Waals surface area (Å²) in [5, 5.41) is 2.57. The summed E-state index contributed by atoms with van der Waals surface area (Å²) in [5.74, 6) is -0.926. The molecule has 1 aliphatic carbocycles. The van der Waals surface area contributed by atoms with E-state index in [1.54, 1.807) is 42.3 Å². The molecule has 0 saturated heterocycles. The van der Waals surface area contributed by atoms with E-state index in [-0.39, 0.29) is 34.0 Å². The van der Waals surface area contributed by atoms with Gasteiger partial charge >= 0.3 is 0 Å². The highest BCUT2D eigenvalue weighted by Gasteiger charge is 2.33. The molecule has 176 valence electrons. The number of halogens is 1. The lowest BCUT2D eigenvalue weighted by molar-refractivity contribution is 0.0729. The Morgan fingerprint density at radius 3 is 2.26 bits per heavy atom. The van der Waals surface area contributed by atoms with E-state index in [1.807, 2.05) is 0 Å². The van der Waals surface area contributed by atoms with Crippen molar-refractivity contribution in [3.8, 4) is 0 Å². The Kier molecular flexibility index (Phi) is 6.65. The molecule has 0 unspecified atom stereocenters. The Morgan fingerprint density at radius 1 is 0.971 bits per heavy atom. The minimum Gasteiger partial charge on any atom is -0.355 e. The molecule has 1 saturated carbocycles. The molecule has 0 heterocycles. The van der Waals surface area contributed by atoms with E-state index in [4.69, 9.17) is 0 Å². The molecular formula is C25H24FN3O4S. The van der Waals surface area contributed by atoms with E-state index < -0.39 is 15.8 Å². The monoisotopic (exact) mass is 481 g/mol. The topological polar surface area (TPSA) is 95.6 Å². The van der Waals surface area contributed by atoms with Crippen molar-refractivity contribution in [1.82, 2.24) is 10.2 Å². The van der Waals surface area contributed by atoms with Gasteiger partial charge in [0.25, 0.3) is 21.8 Å². The average Bonchev–Trinajstić information content (AvgIpc) is 3.69. The van der Waals surface area contributed by atoms with Crippen molar-refractivity contribution in [1.29, 1.82) is 0 Å². The van der Waals surface area contributed by atoms with Crippen molar-refractivity contribution in [2.45, 2.75) is 30.3 Å². The Bertz CT molecular complexity index is 1300. The molecule has 0 aromatic heterocycles. The number of rotatable bonds is 8. The SMILES string of the molecule is CNC(=O)c1ccc(CN(C(=O)c2cccc(S(=O)(=O)Nc3ccc(F)cc3)c2)C2CC2)cc1. The van der Waals surface area contributed by atoms with Crippen LogP contribution in [0.2, 0.25) is 0 Å². The number of anilines is 1. The smallest absolute Gasteiger partial charge is 0.261 e. The molecule has 0 atom stereocenters. The Labute approximate surface area is 197 Å². The van der Waals surface area contributed by atoms with Gasteiger partial charge in [-0.25, -0.2) is 12.8 Å². The summed E-state index contributed by atoms with van der Waals surface area (Å²) in [6, 6.07) is 17.9. The zero-order valence-electron chi connectivity index (χ0n) is 18.5. The van der Waals surface area contributed by atoms with Crippen molar-refractivity contribution < 1.29 is 22.4 Å². The van der Waals surface area contributed by atoms with Crippen LogP contribution >= 0.6 is 0 Å². The fraction of sp³-hybridized carbons (Fsp3) is 0.200. The van der Waals surface area contributed by atoms with E-state index >= 15 is 0 Å². The first-order valence-corrected chi connectivity index (χ1v) is 12.3. The molecule has 0 radical (unpaired) electrons. The molecule has 4 rings (SSSR count). The van der Waals surface area contributed by atoms with Crippen molar-refractivity contribution in [3.63, 3.8) is 0 Å². The molecule has 7 nitrogen and oxygen atoms in total. The molecule has 2 amide bonds. The van der Waals surface area contributed by atoms with Gasteiger partial charge in [0.05, 0.1) is 4.90 Å². The first kappa shape index (κ1) is 23.4. The number of carbonyl (C=O) groups excluding carboxylic acids is 2. The first-order valence-electron chi connectivity index (χ1n) is 10.8. The number of nitrogens with zero attached hydrogens (tertiary/aromatic N) is 1. The lowest BCUT2D eigenvalue weighted by Crippen LogP contribution is -2.32. The van der Waals surface area contributed by atoms with Crippen LogP contribution in [0, 0.1) is 5.82 Å². The Balaban J connectivity index is 1.53. The molecule has 1 fully saturated rings. The second kappa shape index (κ2) is 9.64. The van der Waals surface area contributed by atoms with E-state index in [1.165, 1.54) is 30.3 Å². The number of hydrogen-bond acceptors (Lipinski definition) is 4. The summed E-state index contributed by atoms with van der Waals surface area (Å²) in [4.78, 5) is 26.8. The van der Waals surface area contributed by atoms with Gasteiger partial charge in [-0.05, 0) is 73.0 Å². The second-order valence-corrected chi connectivity index (χ2v) is 9.76. The number of hydrogen-bond donors (Lipinski definition) is 2. The molecule has 34 heavy (non-hydrogen) atoms. The van der Waals surface area contributed by atoms with E-state index in [2.05, 4.69) is 10.0 Å². The van der Waals surface area contributed by atoms with Crippen molar-refractivity contribution in [2.75, 3.05) is 11.8 Å². The molecule has 0 spiro atoms. The van der Waals surface area contributed by atoms with Gasteiger partial charge in [-0.2, -0.15) is 0 Å². The van der Waals surface area contributed by atoms with Gasteiger partial charge in [-0.3, -0.25) is 14.3 Å². The highest BCUT2D eigenvalue weighted by molar-refractivity contribution is 7.92. The standard InChI is InChI=1S/C25H24FN3O4S/c1-27-24(30)18-7-5-17(6-8-18)16-29(22-13-14-22)25(31)19-3-2-4-23(15-19)34(32,33)28-21-11-9-20(26)10-12-21/h2-12,15,22,28H,13-14,16H2,1H3,(H,27,30). The van der Waals surface area contributed by atoms with Gasteiger partial charge in [-0.15, -0.1) is 0 Å². The molecular weight excluding hydrogens is 457 g/mol. The first-order chi connectivity index (χ1) is 16.3.